The summed E-state index contributed by atoms with van der Waals surface area (Å²) in [5.74, 6) is 0.775. The molecule has 2 heterocycles. The van der Waals surface area contributed by atoms with Crippen LogP contribution in [0.3, 0.4) is 0 Å². The van der Waals surface area contributed by atoms with E-state index in [1.165, 1.54) is 5.56 Å². The van der Waals surface area contributed by atoms with Gasteiger partial charge in [-0.25, -0.2) is 0 Å². The van der Waals surface area contributed by atoms with Crippen LogP contribution in [0.4, 0.5) is 0 Å². The number of sulfonamides is 1. The highest BCUT2D eigenvalue weighted by atomic mass is 32.2. The van der Waals surface area contributed by atoms with Gasteiger partial charge in [0.1, 0.15) is 4.90 Å². The first kappa shape index (κ1) is 22.5. The van der Waals surface area contributed by atoms with Crippen molar-refractivity contribution in [3.05, 3.63) is 65.2 Å². The summed E-state index contributed by atoms with van der Waals surface area (Å²) in [6.45, 7) is 7.60. The zero-order chi connectivity index (χ0) is 22.9. The first-order chi connectivity index (χ1) is 15.3. The van der Waals surface area contributed by atoms with Crippen LogP contribution in [0.5, 0.6) is 0 Å². The van der Waals surface area contributed by atoms with E-state index in [4.69, 9.17) is 0 Å². The number of nitrogens with zero attached hydrogens (tertiary/aromatic N) is 2. The Morgan fingerprint density at radius 2 is 1.75 bits per heavy atom. The number of amides is 1. The lowest BCUT2D eigenvalue weighted by molar-refractivity contribution is -0.127. The van der Waals surface area contributed by atoms with E-state index in [9.17, 15) is 13.2 Å². The molecule has 0 saturated carbocycles. The van der Waals surface area contributed by atoms with Crippen LogP contribution in [0.2, 0.25) is 0 Å². The fraction of sp³-hybridized carbons (Fsp3) is 0.440. The number of likely N-dealkylation sites (tertiary alicyclic amines) is 1. The standard InChI is InChI=1S/C25H31N3O3S/c1-4-18-9-11-19(12-10-18)23(17(2)3)26-25(29)20-13-15-28(16-14-20)24-21-7-5-6-8-22(21)32(30,31)27-24/h5-12,17,20,23H,4,13-16H2,1-3H3,(H,26,29). The van der Waals surface area contributed by atoms with E-state index >= 15 is 0 Å². The molecule has 0 bridgehead atoms. The van der Waals surface area contributed by atoms with E-state index in [0.29, 0.717) is 37.3 Å². The Balaban J connectivity index is 1.41. The van der Waals surface area contributed by atoms with E-state index in [-0.39, 0.29) is 28.7 Å². The van der Waals surface area contributed by atoms with E-state index in [0.717, 1.165) is 12.0 Å². The molecule has 2 aliphatic rings. The predicted octanol–water partition coefficient (Wildman–Crippen LogP) is 3.92. The Labute approximate surface area is 190 Å². The number of benzene rings is 2. The quantitative estimate of drug-likeness (QED) is 0.744. The molecule has 0 aromatic heterocycles. The van der Waals surface area contributed by atoms with Gasteiger partial charge in [0.15, 0.2) is 5.84 Å². The van der Waals surface area contributed by atoms with Crippen molar-refractivity contribution in [2.75, 3.05) is 13.1 Å². The average Bonchev–Trinajstić information content (AvgIpc) is 3.08. The molecule has 0 spiro atoms. The monoisotopic (exact) mass is 453 g/mol. The highest BCUT2D eigenvalue weighted by molar-refractivity contribution is 7.90. The fourth-order valence-electron chi connectivity index (χ4n) is 4.54. The van der Waals surface area contributed by atoms with Gasteiger partial charge in [0, 0.05) is 24.6 Å². The van der Waals surface area contributed by atoms with Gasteiger partial charge in [-0.3, -0.25) is 4.79 Å². The summed E-state index contributed by atoms with van der Waals surface area (Å²) >= 11 is 0. The summed E-state index contributed by atoms with van der Waals surface area (Å²) in [5.41, 5.74) is 3.07. The summed E-state index contributed by atoms with van der Waals surface area (Å²) in [6, 6.07) is 15.4. The molecule has 2 aliphatic heterocycles. The van der Waals surface area contributed by atoms with E-state index in [1.54, 1.807) is 18.2 Å². The van der Waals surface area contributed by atoms with Crippen molar-refractivity contribution in [3.8, 4) is 0 Å². The van der Waals surface area contributed by atoms with E-state index < -0.39 is 10.0 Å². The molecule has 6 nitrogen and oxygen atoms in total. The Kier molecular flexibility index (Phi) is 6.38. The van der Waals surface area contributed by atoms with Crippen LogP contribution in [0.25, 0.3) is 0 Å². The lowest BCUT2D eigenvalue weighted by Gasteiger charge is -2.34. The minimum Gasteiger partial charge on any atom is -0.355 e. The van der Waals surface area contributed by atoms with Crippen molar-refractivity contribution in [3.63, 3.8) is 0 Å². The summed E-state index contributed by atoms with van der Waals surface area (Å²) in [7, 11) is -3.63. The first-order valence-electron chi connectivity index (χ1n) is 11.4. The number of fused-ring (bicyclic) bond motifs is 1. The van der Waals surface area contributed by atoms with Gasteiger partial charge in [-0.1, -0.05) is 57.2 Å². The number of piperidine rings is 1. The Hall–Kier alpha value is -2.67. The molecule has 170 valence electrons. The Morgan fingerprint density at radius 1 is 1.09 bits per heavy atom. The Morgan fingerprint density at radius 3 is 2.38 bits per heavy atom. The molecule has 1 amide bonds. The predicted molar refractivity (Wildman–Crippen MR) is 126 cm³/mol. The van der Waals surface area contributed by atoms with Crippen LogP contribution in [0, 0.1) is 11.8 Å². The highest BCUT2D eigenvalue weighted by Gasteiger charge is 2.35. The normalized spacial score (nSPS) is 18.9. The molecule has 2 aromatic carbocycles. The van der Waals surface area contributed by atoms with Crippen molar-refractivity contribution < 1.29 is 13.2 Å². The van der Waals surface area contributed by atoms with Crippen molar-refractivity contribution in [2.24, 2.45) is 16.2 Å². The molecular formula is C25H31N3O3S. The molecule has 0 aliphatic carbocycles. The fourth-order valence-corrected chi connectivity index (χ4v) is 5.76. The van der Waals surface area contributed by atoms with Crippen molar-refractivity contribution in [1.29, 1.82) is 0 Å². The van der Waals surface area contributed by atoms with Crippen LogP contribution in [0.15, 0.2) is 57.8 Å². The molecule has 1 saturated heterocycles. The van der Waals surface area contributed by atoms with Gasteiger partial charge in [-0.05, 0) is 48.4 Å². The SMILES string of the molecule is CCc1ccc(C(NC(=O)C2CCN(C3=NS(=O)(=O)c4ccccc43)CC2)C(C)C)cc1. The summed E-state index contributed by atoms with van der Waals surface area (Å²) < 4.78 is 28.7. The zero-order valence-corrected chi connectivity index (χ0v) is 19.7. The van der Waals surface area contributed by atoms with E-state index in [2.05, 4.69) is 54.8 Å². The maximum absolute atomic E-state index is 13.1. The van der Waals surface area contributed by atoms with Gasteiger partial charge in [0.05, 0.1) is 6.04 Å². The van der Waals surface area contributed by atoms with Gasteiger partial charge in [0.25, 0.3) is 10.0 Å². The topological polar surface area (TPSA) is 78.8 Å². The van der Waals surface area contributed by atoms with Crippen LogP contribution in [0.1, 0.15) is 56.3 Å². The van der Waals surface area contributed by atoms with Crippen LogP contribution in [-0.2, 0) is 21.2 Å². The molecule has 32 heavy (non-hydrogen) atoms. The second-order valence-corrected chi connectivity index (χ2v) is 10.5. The third-order valence-electron chi connectivity index (χ3n) is 6.49. The zero-order valence-electron chi connectivity index (χ0n) is 18.9. The third-order valence-corrected chi connectivity index (χ3v) is 7.81. The number of carbonyl (C=O) groups excluding carboxylic acids is 1. The lowest BCUT2D eigenvalue weighted by atomic mass is 9.91. The molecular weight excluding hydrogens is 422 g/mol. The molecule has 2 aromatic rings. The second kappa shape index (κ2) is 9.06. The number of rotatable bonds is 5. The minimum absolute atomic E-state index is 0.0253. The van der Waals surface area contributed by atoms with Gasteiger partial charge in [-0.2, -0.15) is 8.42 Å². The molecule has 1 unspecified atom stereocenters. The van der Waals surface area contributed by atoms with Gasteiger partial charge < -0.3 is 10.2 Å². The molecule has 0 radical (unpaired) electrons. The molecule has 1 fully saturated rings. The third kappa shape index (κ3) is 4.44. The molecule has 1 atom stereocenters. The van der Waals surface area contributed by atoms with E-state index in [1.807, 2.05) is 11.0 Å². The number of aryl methyl sites for hydroxylation is 1. The van der Waals surface area contributed by atoms with Crippen molar-refractivity contribution in [2.45, 2.75) is 51.0 Å². The van der Waals surface area contributed by atoms with Crippen molar-refractivity contribution in [1.82, 2.24) is 10.2 Å². The molecule has 4 rings (SSSR count). The number of hydrogen-bond acceptors (Lipinski definition) is 4. The average molecular weight is 454 g/mol. The maximum atomic E-state index is 13.1. The second-order valence-electron chi connectivity index (χ2n) is 8.97. The smallest absolute Gasteiger partial charge is 0.285 e. The highest BCUT2D eigenvalue weighted by Crippen LogP contribution is 2.30. The number of carbonyl (C=O) groups is 1. The summed E-state index contributed by atoms with van der Waals surface area (Å²) in [6.07, 6.45) is 2.34. The minimum atomic E-state index is -3.63. The van der Waals surface area contributed by atoms with Crippen LogP contribution >= 0.6 is 0 Å². The molecule has 7 heteroatoms. The van der Waals surface area contributed by atoms with Crippen molar-refractivity contribution >= 4 is 21.8 Å². The number of nitrogens with one attached hydrogen (secondary N) is 1. The molecule has 1 N–H and O–H groups in total. The summed E-state index contributed by atoms with van der Waals surface area (Å²) in [4.78, 5) is 15.3. The van der Waals surface area contributed by atoms with Gasteiger partial charge in [0.2, 0.25) is 5.91 Å². The van der Waals surface area contributed by atoms with Crippen LogP contribution < -0.4 is 5.32 Å². The first-order valence-corrected chi connectivity index (χ1v) is 12.8. The number of hydrogen-bond donors (Lipinski definition) is 1. The maximum Gasteiger partial charge on any atom is 0.285 e. The van der Waals surface area contributed by atoms with Gasteiger partial charge >= 0.3 is 0 Å². The summed E-state index contributed by atoms with van der Waals surface area (Å²) in [5, 5.41) is 3.27. The van der Waals surface area contributed by atoms with Crippen LogP contribution in [-0.4, -0.2) is 38.2 Å². The van der Waals surface area contributed by atoms with Gasteiger partial charge in [-0.15, -0.1) is 4.40 Å². The number of amidine groups is 1. The lowest BCUT2D eigenvalue weighted by Crippen LogP contribution is -2.44. The largest absolute Gasteiger partial charge is 0.355 e. The Bertz CT molecular complexity index is 1120.